The summed E-state index contributed by atoms with van der Waals surface area (Å²) in [4.78, 5) is 9.86. The maximum atomic E-state index is 4.65. The van der Waals surface area contributed by atoms with Crippen molar-refractivity contribution in [3.8, 4) is 0 Å². The third kappa shape index (κ3) is 3.80. The molecule has 0 bridgehead atoms. The SMILES string of the molecule is CC(C)(C)c1cn2nc(NCCCSc3nccs3)sc2n1. The number of thioether (sulfide) groups is 1. The predicted octanol–water partition coefficient (Wildman–Crippen LogP) is 4.14. The lowest BCUT2D eigenvalue weighted by atomic mass is 9.93. The van der Waals surface area contributed by atoms with Gasteiger partial charge < -0.3 is 5.32 Å². The van der Waals surface area contributed by atoms with Crippen molar-refractivity contribution >= 4 is 44.5 Å². The maximum absolute atomic E-state index is 4.65. The highest BCUT2D eigenvalue weighted by atomic mass is 32.2. The minimum Gasteiger partial charge on any atom is -0.360 e. The van der Waals surface area contributed by atoms with Gasteiger partial charge in [-0.05, 0) is 6.42 Å². The summed E-state index contributed by atoms with van der Waals surface area (Å²) in [6, 6.07) is 0. The first-order valence-electron chi connectivity index (χ1n) is 7.15. The van der Waals surface area contributed by atoms with Gasteiger partial charge in [-0.1, -0.05) is 43.9 Å². The van der Waals surface area contributed by atoms with Crippen LogP contribution in [0.15, 0.2) is 22.1 Å². The van der Waals surface area contributed by atoms with E-state index in [9.17, 15) is 0 Å². The predicted molar refractivity (Wildman–Crippen MR) is 95.5 cm³/mol. The largest absolute Gasteiger partial charge is 0.360 e. The van der Waals surface area contributed by atoms with Gasteiger partial charge in [-0.25, -0.2) is 14.5 Å². The molecule has 1 N–H and O–H groups in total. The minimum atomic E-state index is 0.0636. The summed E-state index contributed by atoms with van der Waals surface area (Å²) in [6.07, 6.45) is 4.96. The molecule has 3 aromatic rings. The van der Waals surface area contributed by atoms with Crippen LogP contribution < -0.4 is 5.32 Å². The molecule has 0 atom stereocenters. The van der Waals surface area contributed by atoms with Crippen LogP contribution in [0.25, 0.3) is 4.96 Å². The van der Waals surface area contributed by atoms with Gasteiger partial charge in [0.25, 0.3) is 0 Å². The lowest BCUT2D eigenvalue weighted by molar-refractivity contribution is 0.572. The highest BCUT2D eigenvalue weighted by Gasteiger charge is 2.19. The summed E-state index contributed by atoms with van der Waals surface area (Å²) in [7, 11) is 0. The number of nitrogens with zero attached hydrogens (tertiary/aromatic N) is 4. The lowest BCUT2D eigenvalue weighted by Gasteiger charge is -2.13. The van der Waals surface area contributed by atoms with Crippen LogP contribution in [0.4, 0.5) is 5.13 Å². The molecule has 8 heteroatoms. The Balaban J connectivity index is 1.48. The van der Waals surface area contributed by atoms with Crippen LogP contribution in [0.3, 0.4) is 0 Å². The van der Waals surface area contributed by atoms with Gasteiger partial charge in [-0.3, -0.25) is 0 Å². The Bertz CT molecular complexity index is 692. The first-order chi connectivity index (χ1) is 10.5. The third-order valence-electron chi connectivity index (χ3n) is 3.04. The van der Waals surface area contributed by atoms with Crippen molar-refractivity contribution in [2.75, 3.05) is 17.6 Å². The van der Waals surface area contributed by atoms with Gasteiger partial charge in [0.2, 0.25) is 10.1 Å². The molecule has 0 spiro atoms. The maximum Gasteiger partial charge on any atom is 0.214 e. The molecular formula is C14H19N5S3. The zero-order chi connectivity index (χ0) is 15.6. The average Bonchev–Trinajstić information content (AvgIpc) is 3.11. The number of imidazole rings is 1. The molecule has 118 valence electrons. The molecule has 0 unspecified atom stereocenters. The molecule has 0 amide bonds. The van der Waals surface area contributed by atoms with Gasteiger partial charge in [0.1, 0.15) is 4.34 Å². The highest BCUT2D eigenvalue weighted by molar-refractivity contribution is 8.00. The molecule has 0 aromatic carbocycles. The summed E-state index contributed by atoms with van der Waals surface area (Å²) in [6.45, 7) is 7.41. The summed E-state index contributed by atoms with van der Waals surface area (Å²) >= 11 is 5.10. The van der Waals surface area contributed by atoms with Crippen molar-refractivity contribution in [2.45, 2.75) is 36.9 Å². The van der Waals surface area contributed by atoms with E-state index in [4.69, 9.17) is 0 Å². The monoisotopic (exact) mass is 353 g/mol. The Morgan fingerprint density at radius 3 is 2.91 bits per heavy atom. The summed E-state index contributed by atoms with van der Waals surface area (Å²) in [5.74, 6) is 1.07. The van der Waals surface area contributed by atoms with E-state index in [2.05, 4.69) is 41.2 Å². The van der Waals surface area contributed by atoms with Crippen LogP contribution in [0.2, 0.25) is 0 Å². The molecule has 22 heavy (non-hydrogen) atoms. The topological polar surface area (TPSA) is 55.1 Å². The van der Waals surface area contributed by atoms with Gasteiger partial charge in [0, 0.05) is 29.3 Å². The van der Waals surface area contributed by atoms with Crippen LogP contribution in [-0.2, 0) is 5.41 Å². The zero-order valence-electron chi connectivity index (χ0n) is 12.9. The molecule has 0 radical (unpaired) electrons. The van der Waals surface area contributed by atoms with E-state index in [0.717, 1.165) is 38.8 Å². The number of rotatable bonds is 6. The molecule has 0 aliphatic heterocycles. The summed E-state index contributed by atoms with van der Waals surface area (Å²) in [5.41, 5.74) is 1.14. The van der Waals surface area contributed by atoms with E-state index < -0.39 is 0 Å². The third-order valence-corrected chi connectivity index (χ3v) is 5.98. The fourth-order valence-corrected chi connectivity index (χ4v) is 4.30. The normalized spacial score (nSPS) is 12.1. The number of hydrogen-bond donors (Lipinski definition) is 1. The Morgan fingerprint density at radius 2 is 2.23 bits per heavy atom. The fraction of sp³-hybridized carbons (Fsp3) is 0.500. The quantitative estimate of drug-likeness (QED) is 0.533. The van der Waals surface area contributed by atoms with E-state index in [1.54, 1.807) is 34.4 Å². The van der Waals surface area contributed by atoms with Crippen LogP contribution >= 0.6 is 34.4 Å². The number of thiazole rings is 1. The van der Waals surface area contributed by atoms with Gasteiger partial charge in [0.15, 0.2) is 0 Å². The molecular weight excluding hydrogens is 334 g/mol. The van der Waals surface area contributed by atoms with Crippen LogP contribution in [-0.4, -0.2) is 31.9 Å². The standard InChI is InChI=1S/C14H19N5S3/c1-14(2,3)10-9-19-12(17-10)22-11(18-19)15-5-4-7-20-13-16-6-8-21-13/h6,8-9H,4-5,7H2,1-3H3,(H,15,18). The average molecular weight is 354 g/mol. The Kier molecular flexibility index (Phi) is 4.70. The molecule has 0 saturated carbocycles. The van der Waals surface area contributed by atoms with E-state index in [0.29, 0.717) is 0 Å². The molecule has 3 rings (SSSR count). The second kappa shape index (κ2) is 6.55. The van der Waals surface area contributed by atoms with Crippen molar-refractivity contribution < 1.29 is 0 Å². The van der Waals surface area contributed by atoms with Crippen LogP contribution in [0.5, 0.6) is 0 Å². The smallest absolute Gasteiger partial charge is 0.214 e. The van der Waals surface area contributed by atoms with Crippen molar-refractivity contribution in [2.24, 2.45) is 0 Å². The number of nitrogens with one attached hydrogen (secondary N) is 1. The van der Waals surface area contributed by atoms with E-state index >= 15 is 0 Å². The lowest BCUT2D eigenvalue weighted by Crippen LogP contribution is -2.11. The molecule has 5 nitrogen and oxygen atoms in total. The second-order valence-electron chi connectivity index (χ2n) is 5.94. The van der Waals surface area contributed by atoms with Gasteiger partial charge >= 0.3 is 0 Å². The first-order valence-corrected chi connectivity index (χ1v) is 9.83. The zero-order valence-corrected chi connectivity index (χ0v) is 15.3. The van der Waals surface area contributed by atoms with Crippen LogP contribution in [0, 0.1) is 0 Å². The van der Waals surface area contributed by atoms with Gasteiger partial charge in [-0.2, -0.15) is 0 Å². The Labute approximate surface area is 142 Å². The number of anilines is 1. The number of fused-ring (bicyclic) bond motifs is 1. The van der Waals surface area contributed by atoms with Crippen molar-refractivity contribution in [3.63, 3.8) is 0 Å². The Morgan fingerprint density at radius 1 is 1.36 bits per heavy atom. The van der Waals surface area contributed by atoms with Crippen molar-refractivity contribution in [1.29, 1.82) is 0 Å². The fourth-order valence-electron chi connectivity index (χ4n) is 1.84. The molecule has 0 aliphatic rings. The first kappa shape index (κ1) is 15.8. The van der Waals surface area contributed by atoms with Gasteiger partial charge in [0.05, 0.1) is 11.9 Å². The van der Waals surface area contributed by atoms with Crippen LogP contribution in [0.1, 0.15) is 32.9 Å². The molecule has 3 heterocycles. The second-order valence-corrected chi connectivity index (χ2v) is 9.13. The minimum absolute atomic E-state index is 0.0636. The van der Waals surface area contributed by atoms with Gasteiger partial charge in [-0.15, -0.1) is 16.4 Å². The van der Waals surface area contributed by atoms with E-state index in [1.807, 2.05) is 22.3 Å². The van der Waals surface area contributed by atoms with E-state index in [-0.39, 0.29) is 5.41 Å². The number of hydrogen-bond acceptors (Lipinski definition) is 7. The molecule has 0 fully saturated rings. The van der Waals surface area contributed by atoms with E-state index in [1.165, 1.54) is 0 Å². The highest BCUT2D eigenvalue weighted by Crippen LogP contribution is 2.26. The molecule has 0 saturated heterocycles. The summed E-state index contributed by atoms with van der Waals surface area (Å²) < 4.78 is 3.01. The number of aromatic nitrogens is 4. The Hall–Kier alpha value is -1.12. The summed E-state index contributed by atoms with van der Waals surface area (Å²) in [5, 5.41) is 10.9. The van der Waals surface area contributed by atoms with Crippen molar-refractivity contribution in [3.05, 3.63) is 23.5 Å². The van der Waals surface area contributed by atoms with Crippen molar-refractivity contribution in [1.82, 2.24) is 19.6 Å². The molecule has 0 aliphatic carbocycles. The molecule has 3 aromatic heterocycles.